The molecular weight excluding hydrogens is 198 g/mol. The number of aryl methyl sites for hydroxylation is 2. The summed E-state index contributed by atoms with van der Waals surface area (Å²) in [6, 6.07) is 5.41. The lowest BCUT2D eigenvalue weighted by Gasteiger charge is -2.08. The molecule has 0 amide bonds. The topological polar surface area (TPSA) is 46.2 Å². The molecule has 0 saturated heterocycles. The number of rotatable bonds is 3. The van der Waals surface area contributed by atoms with Gasteiger partial charge in [-0.1, -0.05) is 19.1 Å². The van der Waals surface area contributed by atoms with Crippen LogP contribution in [-0.4, -0.2) is 15.0 Å². The Morgan fingerprint density at radius 1 is 1.29 bits per heavy atom. The van der Waals surface area contributed by atoms with E-state index in [2.05, 4.69) is 4.72 Å². The van der Waals surface area contributed by atoms with Gasteiger partial charge >= 0.3 is 0 Å². The van der Waals surface area contributed by atoms with Crippen molar-refractivity contribution in [2.24, 2.45) is 0 Å². The normalized spacial score (nSPS) is 11.6. The maximum absolute atomic E-state index is 11.7. The Labute approximate surface area is 85.2 Å². The summed E-state index contributed by atoms with van der Waals surface area (Å²) in [7, 11) is -3.31. The van der Waals surface area contributed by atoms with Crippen molar-refractivity contribution in [2.45, 2.75) is 25.7 Å². The lowest BCUT2D eigenvalue weighted by atomic mass is 10.2. The van der Waals surface area contributed by atoms with Crippen LogP contribution in [0.4, 0.5) is 0 Å². The highest BCUT2D eigenvalue weighted by Crippen LogP contribution is 2.16. The van der Waals surface area contributed by atoms with Crippen LogP contribution in [0.3, 0.4) is 0 Å². The van der Waals surface area contributed by atoms with Crippen LogP contribution in [0.5, 0.6) is 0 Å². The highest BCUT2D eigenvalue weighted by atomic mass is 32.2. The summed E-state index contributed by atoms with van der Waals surface area (Å²) in [5, 5.41) is 0. The molecule has 0 unspecified atom stereocenters. The second-order valence-electron chi connectivity index (χ2n) is 3.27. The van der Waals surface area contributed by atoms with Gasteiger partial charge in [0.2, 0.25) is 10.0 Å². The zero-order valence-corrected chi connectivity index (χ0v) is 9.48. The molecule has 1 N–H and O–H groups in total. The minimum Gasteiger partial charge on any atom is -0.211 e. The molecule has 0 fully saturated rings. The Morgan fingerprint density at radius 2 is 1.93 bits per heavy atom. The van der Waals surface area contributed by atoms with Gasteiger partial charge in [0, 0.05) is 6.54 Å². The number of hydrogen-bond donors (Lipinski definition) is 1. The quantitative estimate of drug-likeness (QED) is 0.829. The van der Waals surface area contributed by atoms with Crippen LogP contribution in [0.15, 0.2) is 23.1 Å². The zero-order valence-electron chi connectivity index (χ0n) is 8.66. The molecule has 0 aromatic heterocycles. The molecule has 0 radical (unpaired) electrons. The lowest BCUT2D eigenvalue weighted by Crippen LogP contribution is -2.23. The van der Waals surface area contributed by atoms with E-state index < -0.39 is 10.0 Å². The molecule has 1 aromatic carbocycles. The standard InChI is InChI=1S/C10H15NO2S/c1-4-11-14(12,13)10-7-8(2)5-6-9(10)3/h5-7,11H,4H2,1-3H3. The summed E-state index contributed by atoms with van der Waals surface area (Å²) >= 11 is 0. The van der Waals surface area contributed by atoms with Gasteiger partial charge in [-0.25, -0.2) is 13.1 Å². The first-order valence-corrected chi connectivity index (χ1v) is 6.02. The largest absolute Gasteiger partial charge is 0.240 e. The minimum absolute atomic E-state index is 0.374. The van der Waals surface area contributed by atoms with Gasteiger partial charge in [0.15, 0.2) is 0 Å². The second-order valence-corrected chi connectivity index (χ2v) is 5.01. The van der Waals surface area contributed by atoms with E-state index in [-0.39, 0.29) is 0 Å². The molecule has 3 nitrogen and oxygen atoms in total. The molecule has 4 heteroatoms. The van der Waals surface area contributed by atoms with E-state index in [9.17, 15) is 8.42 Å². The summed E-state index contributed by atoms with van der Waals surface area (Å²) in [5.74, 6) is 0. The van der Waals surface area contributed by atoms with Crippen molar-refractivity contribution in [3.63, 3.8) is 0 Å². The second kappa shape index (κ2) is 4.11. The first kappa shape index (κ1) is 11.2. The molecule has 0 bridgehead atoms. The van der Waals surface area contributed by atoms with E-state index in [0.29, 0.717) is 11.4 Å². The third-order valence-electron chi connectivity index (χ3n) is 1.97. The lowest BCUT2D eigenvalue weighted by molar-refractivity contribution is 0.583. The van der Waals surface area contributed by atoms with E-state index in [1.807, 2.05) is 19.1 Å². The fourth-order valence-corrected chi connectivity index (χ4v) is 2.63. The predicted octanol–water partition coefficient (Wildman–Crippen LogP) is 1.60. The fourth-order valence-electron chi connectivity index (χ4n) is 1.26. The minimum atomic E-state index is -3.31. The zero-order chi connectivity index (χ0) is 10.8. The van der Waals surface area contributed by atoms with E-state index >= 15 is 0 Å². The molecule has 0 spiro atoms. The first-order chi connectivity index (χ1) is 6.47. The molecule has 0 aliphatic heterocycles. The van der Waals surface area contributed by atoms with Crippen LogP contribution < -0.4 is 4.72 Å². The SMILES string of the molecule is CCNS(=O)(=O)c1cc(C)ccc1C. The van der Waals surface area contributed by atoms with Crippen LogP contribution in [0.2, 0.25) is 0 Å². The van der Waals surface area contributed by atoms with Crippen LogP contribution in [0.25, 0.3) is 0 Å². The van der Waals surface area contributed by atoms with E-state index in [1.54, 1.807) is 19.9 Å². The predicted molar refractivity (Wildman–Crippen MR) is 56.8 cm³/mol. The number of sulfonamides is 1. The maximum Gasteiger partial charge on any atom is 0.240 e. The summed E-state index contributed by atoms with van der Waals surface area (Å²) in [6.45, 7) is 5.85. The summed E-state index contributed by atoms with van der Waals surface area (Å²) in [4.78, 5) is 0.374. The maximum atomic E-state index is 11.7. The van der Waals surface area contributed by atoms with Gasteiger partial charge in [0.25, 0.3) is 0 Å². The van der Waals surface area contributed by atoms with Crippen LogP contribution in [-0.2, 0) is 10.0 Å². The van der Waals surface area contributed by atoms with Crippen molar-refractivity contribution in [3.05, 3.63) is 29.3 Å². The Bertz CT molecular complexity index is 424. The highest BCUT2D eigenvalue weighted by molar-refractivity contribution is 7.89. The molecule has 0 aliphatic carbocycles. The Kier molecular flexibility index (Phi) is 3.29. The number of nitrogens with one attached hydrogen (secondary N) is 1. The molecule has 0 saturated carbocycles. The Balaban J connectivity index is 3.25. The molecule has 14 heavy (non-hydrogen) atoms. The smallest absolute Gasteiger partial charge is 0.211 e. The molecule has 1 rings (SSSR count). The summed E-state index contributed by atoms with van der Waals surface area (Å²) in [5.41, 5.74) is 1.73. The Hall–Kier alpha value is -0.870. The van der Waals surface area contributed by atoms with Crippen molar-refractivity contribution in [3.8, 4) is 0 Å². The Morgan fingerprint density at radius 3 is 2.50 bits per heavy atom. The molecule has 0 aliphatic rings. The average molecular weight is 213 g/mol. The first-order valence-electron chi connectivity index (χ1n) is 4.54. The molecule has 1 aromatic rings. The van der Waals surface area contributed by atoms with E-state index in [0.717, 1.165) is 11.1 Å². The summed E-state index contributed by atoms with van der Waals surface area (Å²) in [6.07, 6.45) is 0. The van der Waals surface area contributed by atoms with E-state index in [4.69, 9.17) is 0 Å². The van der Waals surface area contributed by atoms with Gasteiger partial charge in [0.05, 0.1) is 4.90 Å². The monoisotopic (exact) mass is 213 g/mol. The van der Waals surface area contributed by atoms with E-state index in [1.165, 1.54) is 0 Å². The molecular formula is C10H15NO2S. The molecule has 0 atom stereocenters. The van der Waals surface area contributed by atoms with Crippen molar-refractivity contribution < 1.29 is 8.42 Å². The van der Waals surface area contributed by atoms with Gasteiger partial charge in [-0.3, -0.25) is 0 Å². The van der Waals surface area contributed by atoms with Crippen LogP contribution in [0, 0.1) is 13.8 Å². The number of hydrogen-bond acceptors (Lipinski definition) is 2. The average Bonchev–Trinajstić information content (AvgIpc) is 2.09. The van der Waals surface area contributed by atoms with Crippen molar-refractivity contribution in [1.82, 2.24) is 4.72 Å². The molecule has 0 heterocycles. The third kappa shape index (κ3) is 2.33. The van der Waals surface area contributed by atoms with Gasteiger partial charge in [-0.15, -0.1) is 0 Å². The van der Waals surface area contributed by atoms with Gasteiger partial charge < -0.3 is 0 Å². The fraction of sp³-hybridized carbons (Fsp3) is 0.400. The van der Waals surface area contributed by atoms with Gasteiger partial charge in [-0.2, -0.15) is 0 Å². The van der Waals surface area contributed by atoms with Crippen molar-refractivity contribution in [2.75, 3.05) is 6.54 Å². The van der Waals surface area contributed by atoms with Crippen molar-refractivity contribution >= 4 is 10.0 Å². The third-order valence-corrected chi connectivity index (χ3v) is 3.66. The summed E-state index contributed by atoms with van der Waals surface area (Å²) < 4.78 is 25.9. The van der Waals surface area contributed by atoms with Gasteiger partial charge in [0.1, 0.15) is 0 Å². The highest BCUT2D eigenvalue weighted by Gasteiger charge is 2.14. The van der Waals surface area contributed by atoms with Gasteiger partial charge in [-0.05, 0) is 31.0 Å². The molecule has 78 valence electrons. The van der Waals surface area contributed by atoms with Crippen molar-refractivity contribution in [1.29, 1.82) is 0 Å². The van der Waals surface area contributed by atoms with Crippen LogP contribution in [0.1, 0.15) is 18.1 Å². The number of benzene rings is 1. The van der Waals surface area contributed by atoms with Crippen LogP contribution >= 0.6 is 0 Å².